The van der Waals surface area contributed by atoms with Crippen molar-refractivity contribution in [1.82, 2.24) is 4.90 Å². The number of hydrogen-bond donors (Lipinski definition) is 1. The van der Waals surface area contributed by atoms with E-state index < -0.39 is 6.04 Å². The van der Waals surface area contributed by atoms with Crippen molar-refractivity contribution in [3.63, 3.8) is 0 Å². The number of carbonyl (C=O) groups is 1. The first kappa shape index (κ1) is 13.5. The van der Waals surface area contributed by atoms with Gasteiger partial charge in [-0.15, -0.1) is 11.3 Å². The SMILES string of the molecule is CCC(N)C(=O)N(CC)Cc1ccc(Cl)s1. The Morgan fingerprint density at radius 3 is 2.69 bits per heavy atom. The zero-order valence-corrected chi connectivity index (χ0v) is 11.1. The topological polar surface area (TPSA) is 46.3 Å². The van der Waals surface area contributed by atoms with Crippen molar-refractivity contribution < 1.29 is 4.79 Å². The molecule has 1 atom stereocenters. The van der Waals surface area contributed by atoms with Crippen LogP contribution in [0.15, 0.2) is 12.1 Å². The second kappa shape index (κ2) is 6.23. The van der Waals surface area contributed by atoms with Crippen LogP contribution in [0.3, 0.4) is 0 Å². The fourth-order valence-corrected chi connectivity index (χ4v) is 2.48. The van der Waals surface area contributed by atoms with Gasteiger partial charge in [0.2, 0.25) is 5.91 Å². The maximum Gasteiger partial charge on any atom is 0.239 e. The van der Waals surface area contributed by atoms with Crippen LogP contribution in [0.5, 0.6) is 0 Å². The number of rotatable bonds is 5. The third-order valence-electron chi connectivity index (χ3n) is 2.43. The van der Waals surface area contributed by atoms with Gasteiger partial charge in [0, 0.05) is 11.4 Å². The largest absolute Gasteiger partial charge is 0.336 e. The molecular formula is C11H17ClN2OS. The van der Waals surface area contributed by atoms with Gasteiger partial charge < -0.3 is 10.6 Å². The Bertz CT molecular complexity index is 354. The highest BCUT2D eigenvalue weighted by molar-refractivity contribution is 7.16. The first-order valence-electron chi connectivity index (χ1n) is 5.37. The Labute approximate surface area is 105 Å². The molecule has 3 nitrogen and oxygen atoms in total. The molecule has 0 radical (unpaired) electrons. The Morgan fingerprint density at radius 1 is 1.56 bits per heavy atom. The molecule has 0 aliphatic rings. The lowest BCUT2D eigenvalue weighted by Crippen LogP contribution is -2.42. The second-order valence-electron chi connectivity index (χ2n) is 3.57. The molecule has 1 heterocycles. The summed E-state index contributed by atoms with van der Waals surface area (Å²) in [6.45, 7) is 5.14. The van der Waals surface area contributed by atoms with Crippen molar-refractivity contribution in [3.05, 3.63) is 21.3 Å². The molecule has 1 aromatic rings. The van der Waals surface area contributed by atoms with Crippen molar-refractivity contribution in [2.45, 2.75) is 32.9 Å². The summed E-state index contributed by atoms with van der Waals surface area (Å²) in [4.78, 5) is 14.7. The number of carbonyl (C=O) groups excluding carboxylic acids is 1. The van der Waals surface area contributed by atoms with Crippen LogP contribution in [-0.4, -0.2) is 23.4 Å². The van der Waals surface area contributed by atoms with Gasteiger partial charge >= 0.3 is 0 Å². The van der Waals surface area contributed by atoms with E-state index in [2.05, 4.69) is 0 Å². The molecule has 0 aromatic carbocycles. The van der Waals surface area contributed by atoms with Crippen molar-refractivity contribution >= 4 is 28.8 Å². The molecule has 5 heteroatoms. The van der Waals surface area contributed by atoms with E-state index in [1.807, 2.05) is 26.0 Å². The van der Waals surface area contributed by atoms with E-state index in [4.69, 9.17) is 17.3 Å². The number of halogens is 1. The fraction of sp³-hybridized carbons (Fsp3) is 0.545. The number of thiophene rings is 1. The molecular weight excluding hydrogens is 244 g/mol. The molecule has 1 amide bonds. The normalized spacial score (nSPS) is 12.5. The molecule has 0 saturated carbocycles. The molecule has 0 aliphatic carbocycles. The van der Waals surface area contributed by atoms with E-state index in [1.165, 1.54) is 11.3 Å². The van der Waals surface area contributed by atoms with Crippen LogP contribution in [0.1, 0.15) is 25.1 Å². The lowest BCUT2D eigenvalue weighted by molar-refractivity contribution is -0.133. The maximum absolute atomic E-state index is 11.9. The molecule has 1 unspecified atom stereocenters. The molecule has 1 rings (SSSR count). The molecule has 0 spiro atoms. The number of nitrogens with two attached hydrogens (primary N) is 1. The van der Waals surface area contributed by atoms with Gasteiger partial charge in [-0.05, 0) is 25.5 Å². The van der Waals surface area contributed by atoms with Gasteiger partial charge in [0.05, 0.1) is 16.9 Å². The van der Waals surface area contributed by atoms with Crippen molar-refractivity contribution in [1.29, 1.82) is 0 Å². The van der Waals surface area contributed by atoms with Crippen LogP contribution in [0.4, 0.5) is 0 Å². The summed E-state index contributed by atoms with van der Waals surface area (Å²) in [5, 5.41) is 0. The zero-order chi connectivity index (χ0) is 12.1. The summed E-state index contributed by atoms with van der Waals surface area (Å²) in [7, 11) is 0. The standard InChI is InChI=1S/C11H17ClN2OS/c1-3-9(13)11(15)14(4-2)7-8-5-6-10(12)16-8/h5-6,9H,3-4,7,13H2,1-2H3. The van der Waals surface area contributed by atoms with Crippen LogP contribution in [0, 0.1) is 0 Å². The molecule has 1 aromatic heterocycles. The highest BCUT2D eigenvalue weighted by Gasteiger charge is 2.18. The number of nitrogens with zero attached hydrogens (tertiary/aromatic N) is 1. The molecule has 16 heavy (non-hydrogen) atoms. The van der Waals surface area contributed by atoms with E-state index in [0.717, 1.165) is 9.21 Å². The van der Waals surface area contributed by atoms with Gasteiger partial charge in [0.15, 0.2) is 0 Å². The Kier molecular flexibility index (Phi) is 5.25. The molecule has 90 valence electrons. The first-order chi connectivity index (χ1) is 7.58. The van der Waals surface area contributed by atoms with E-state index in [0.29, 0.717) is 19.5 Å². The van der Waals surface area contributed by atoms with E-state index in [1.54, 1.807) is 4.90 Å². The maximum atomic E-state index is 11.9. The van der Waals surface area contributed by atoms with Crippen LogP contribution in [-0.2, 0) is 11.3 Å². The summed E-state index contributed by atoms with van der Waals surface area (Å²) in [5.74, 6) is 0.00882. The minimum absolute atomic E-state index is 0.00882. The van der Waals surface area contributed by atoms with Crippen molar-refractivity contribution in [2.24, 2.45) is 5.73 Å². The quantitative estimate of drug-likeness (QED) is 0.884. The van der Waals surface area contributed by atoms with Gasteiger partial charge in [0.1, 0.15) is 0 Å². The fourth-order valence-electron chi connectivity index (χ4n) is 1.38. The lowest BCUT2D eigenvalue weighted by atomic mass is 10.2. The number of amides is 1. The molecule has 0 aliphatic heterocycles. The minimum Gasteiger partial charge on any atom is -0.336 e. The highest BCUT2D eigenvalue weighted by Crippen LogP contribution is 2.22. The Balaban J connectivity index is 2.65. The van der Waals surface area contributed by atoms with Crippen molar-refractivity contribution in [3.8, 4) is 0 Å². The number of likely N-dealkylation sites (N-methyl/N-ethyl adjacent to an activating group) is 1. The lowest BCUT2D eigenvalue weighted by Gasteiger charge is -2.23. The molecule has 2 N–H and O–H groups in total. The summed E-state index contributed by atoms with van der Waals surface area (Å²) in [6.07, 6.45) is 0.667. The number of hydrogen-bond acceptors (Lipinski definition) is 3. The van der Waals surface area contributed by atoms with Crippen LogP contribution in [0.2, 0.25) is 4.34 Å². The Morgan fingerprint density at radius 2 is 2.25 bits per heavy atom. The zero-order valence-electron chi connectivity index (χ0n) is 9.57. The second-order valence-corrected chi connectivity index (χ2v) is 5.37. The van der Waals surface area contributed by atoms with Gasteiger partial charge in [-0.2, -0.15) is 0 Å². The van der Waals surface area contributed by atoms with E-state index in [9.17, 15) is 4.79 Å². The van der Waals surface area contributed by atoms with Gasteiger partial charge in [0.25, 0.3) is 0 Å². The molecule has 0 fully saturated rings. The Hall–Kier alpha value is -0.580. The first-order valence-corrected chi connectivity index (χ1v) is 6.56. The molecule has 0 bridgehead atoms. The van der Waals surface area contributed by atoms with Crippen LogP contribution < -0.4 is 5.73 Å². The monoisotopic (exact) mass is 260 g/mol. The summed E-state index contributed by atoms with van der Waals surface area (Å²) in [6, 6.07) is 3.40. The van der Waals surface area contributed by atoms with E-state index >= 15 is 0 Å². The van der Waals surface area contributed by atoms with Gasteiger partial charge in [-0.25, -0.2) is 0 Å². The van der Waals surface area contributed by atoms with Crippen LogP contribution >= 0.6 is 22.9 Å². The summed E-state index contributed by atoms with van der Waals surface area (Å²) in [5.41, 5.74) is 5.74. The van der Waals surface area contributed by atoms with E-state index in [-0.39, 0.29) is 5.91 Å². The highest BCUT2D eigenvalue weighted by atomic mass is 35.5. The smallest absolute Gasteiger partial charge is 0.239 e. The molecule has 0 saturated heterocycles. The van der Waals surface area contributed by atoms with Gasteiger partial charge in [-0.1, -0.05) is 18.5 Å². The summed E-state index contributed by atoms with van der Waals surface area (Å²) < 4.78 is 0.748. The van der Waals surface area contributed by atoms with Gasteiger partial charge in [-0.3, -0.25) is 4.79 Å². The van der Waals surface area contributed by atoms with Crippen LogP contribution in [0.25, 0.3) is 0 Å². The average Bonchev–Trinajstić information content (AvgIpc) is 2.69. The average molecular weight is 261 g/mol. The third-order valence-corrected chi connectivity index (χ3v) is 3.64. The minimum atomic E-state index is -0.393. The summed E-state index contributed by atoms with van der Waals surface area (Å²) >= 11 is 7.35. The third kappa shape index (κ3) is 3.47. The predicted molar refractivity (Wildman–Crippen MR) is 68.7 cm³/mol. The predicted octanol–water partition coefficient (Wildman–Crippen LogP) is 2.49. The van der Waals surface area contributed by atoms with Crippen molar-refractivity contribution in [2.75, 3.05) is 6.54 Å².